The van der Waals surface area contributed by atoms with Crippen molar-refractivity contribution in [2.75, 3.05) is 23.3 Å². The van der Waals surface area contributed by atoms with Crippen LogP contribution in [0.2, 0.25) is 0 Å². The summed E-state index contributed by atoms with van der Waals surface area (Å²) >= 11 is 0. The first kappa shape index (κ1) is 15.3. The van der Waals surface area contributed by atoms with Gasteiger partial charge in [-0.1, -0.05) is 0 Å². The summed E-state index contributed by atoms with van der Waals surface area (Å²) in [6, 6.07) is 8.69. The normalized spacial score (nSPS) is 14.1. The van der Waals surface area contributed by atoms with Crippen LogP contribution >= 0.6 is 0 Å². The van der Waals surface area contributed by atoms with E-state index in [-0.39, 0.29) is 17.2 Å². The topological polar surface area (TPSA) is 67.2 Å². The molecule has 120 valence electrons. The highest BCUT2D eigenvalue weighted by molar-refractivity contribution is 6.02. The molecule has 0 saturated carbocycles. The maximum atomic E-state index is 12.2. The van der Waals surface area contributed by atoms with Crippen molar-refractivity contribution in [2.24, 2.45) is 7.05 Å². The zero-order valence-electron chi connectivity index (χ0n) is 13.4. The monoisotopic (exact) mass is 312 g/mol. The van der Waals surface area contributed by atoms with E-state index in [1.54, 1.807) is 0 Å². The molecule has 0 bridgehead atoms. The van der Waals surface area contributed by atoms with Gasteiger partial charge in [0.2, 0.25) is 0 Å². The van der Waals surface area contributed by atoms with Crippen LogP contribution in [0.15, 0.2) is 35.1 Å². The van der Waals surface area contributed by atoms with Crippen LogP contribution in [0.4, 0.5) is 11.4 Å². The number of aromatic nitrogens is 2. The van der Waals surface area contributed by atoms with Gasteiger partial charge in [-0.25, -0.2) is 4.68 Å². The average molecular weight is 312 g/mol. The molecule has 0 radical (unpaired) electrons. The Morgan fingerprint density at radius 3 is 2.57 bits per heavy atom. The minimum Gasteiger partial charge on any atom is -0.371 e. The standard InChI is InChI=1S/C17H20N4O2/c1-12-11-13(5-7-15(12)21-9-3-4-10-21)18-17(23)14-6-8-16(22)20(2)19-14/h5-8,11H,3-4,9-10H2,1-2H3,(H,18,23). The first-order chi connectivity index (χ1) is 11.0. The van der Waals surface area contributed by atoms with Gasteiger partial charge in [-0.05, 0) is 49.6 Å². The predicted molar refractivity (Wildman–Crippen MR) is 90.1 cm³/mol. The lowest BCUT2D eigenvalue weighted by Crippen LogP contribution is -2.23. The Morgan fingerprint density at radius 2 is 1.91 bits per heavy atom. The molecular weight excluding hydrogens is 292 g/mol. The largest absolute Gasteiger partial charge is 0.371 e. The summed E-state index contributed by atoms with van der Waals surface area (Å²) in [6.07, 6.45) is 2.46. The molecular formula is C17H20N4O2. The van der Waals surface area contributed by atoms with Crippen LogP contribution in [-0.2, 0) is 7.05 Å². The zero-order chi connectivity index (χ0) is 16.4. The molecule has 1 aromatic heterocycles. The molecule has 6 nitrogen and oxygen atoms in total. The molecule has 0 atom stereocenters. The van der Waals surface area contributed by atoms with Gasteiger partial charge < -0.3 is 10.2 Å². The fraction of sp³-hybridized carbons (Fsp3) is 0.353. The van der Waals surface area contributed by atoms with Crippen molar-refractivity contribution in [3.8, 4) is 0 Å². The molecule has 3 rings (SSSR count). The summed E-state index contributed by atoms with van der Waals surface area (Å²) in [5.41, 5.74) is 3.06. The van der Waals surface area contributed by atoms with E-state index in [9.17, 15) is 9.59 Å². The van der Waals surface area contributed by atoms with Crippen LogP contribution in [-0.4, -0.2) is 28.8 Å². The Kier molecular flexibility index (Phi) is 4.14. The second-order valence-corrected chi connectivity index (χ2v) is 5.83. The van der Waals surface area contributed by atoms with Gasteiger partial charge in [0.25, 0.3) is 11.5 Å². The van der Waals surface area contributed by atoms with Crippen molar-refractivity contribution < 1.29 is 4.79 Å². The molecule has 1 N–H and O–H groups in total. The van der Waals surface area contributed by atoms with Crippen molar-refractivity contribution in [2.45, 2.75) is 19.8 Å². The van der Waals surface area contributed by atoms with Crippen molar-refractivity contribution in [1.29, 1.82) is 0 Å². The van der Waals surface area contributed by atoms with Crippen molar-refractivity contribution >= 4 is 17.3 Å². The van der Waals surface area contributed by atoms with Gasteiger partial charge in [-0.2, -0.15) is 5.10 Å². The van der Waals surface area contributed by atoms with Gasteiger partial charge in [0, 0.05) is 37.6 Å². The molecule has 1 aliphatic rings. The van der Waals surface area contributed by atoms with Crippen molar-refractivity contribution in [3.63, 3.8) is 0 Å². The molecule has 2 aromatic rings. The third kappa shape index (κ3) is 3.26. The lowest BCUT2D eigenvalue weighted by atomic mass is 10.1. The number of aryl methyl sites for hydroxylation is 2. The van der Waals surface area contributed by atoms with Crippen LogP contribution in [0, 0.1) is 6.92 Å². The Labute approximate surface area is 134 Å². The van der Waals surface area contributed by atoms with E-state index in [4.69, 9.17) is 0 Å². The molecule has 1 saturated heterocycles. The number of amides is 1. The second-order valence-electron chi connectivity index (χ2n) is 5.83. The number of nitrogens with one attached hydrogen (secondary N) is 1. The predicted octanol–water partition coefficient (Wildman–Crippen LogP) is 1.94. The Hall–Kier alpha value is -2.63. The number of nitrogens with zero attached hydrogens (tertiary/aromatic N) is 3. The number of carbonyl (C=O) groups excluding carboxylic acids is 1. The summed E-state index contributed by atoms with van der Waals surface area (Å²) in [7, 11) is 1.52. The molecule has 6 heteroatoms. The number of hydrogen-bond donors (Lipinski definition) is 1. The Morgan fingerprint density at radius 1 is 1.17 bits per heavy atom. The van der Waals surface area contributed by atoms with Gasteiger partial charge in [-0.15, -0.1) is 0 Å². The molecule has 0 spiro atoms. The summed E-state index contributed by atoms with van der Waals surface area (Å²) in [5.74, 6) is -0.325. The maximum Gasteiger partial charge on any atom is 0.276 e. The van der Waals surface area contributed by atoms with Crippen LogP contribution < -0.4 is 15.8 Å². The van der Waals surface area contributed by atoms with E-state index >= 15 is 0 Å². The molecule has 1 aromatic carbocycles. The highest BCUT2D eigenvalue weighted by Gasteiger charge is 2.15. The quantitative estimate of drug-likeness (QED) is 0.940. The van der Waals surface area contributed by atoms with Crippen LogP contribution in [0.1, 0.15) is 28.9 Å². The summed E-state index contributed by atoms with van der Waals surface area (Å²) in [6.45, 7) is 4.23. The van der Waals surface area contributed by atoms with E-state index in [1.807, 2.05) is 25.1 Å². The molecule has 1 fully saturated rings. The highest BCUT2D eigenvalue weighted by Crippen LogP contribution is 2.26. The maximum absolute atomic E-state index is 12.2. The van der Waals surface area contributed by atoms with Gasteiger partial charge >= 0.3 is 0 Å². The first-order valence-corrected chi connectivity index (χ1v) is 7.76. The lowest BCUT2D eigenvalue weighted by molar-refractivity contribution is 0.102. The number of benzene rings is 1. The van der Waals surface area contributed by atoms with Crippen LogP contribution in [0.5, 0.6) is 0 Å². The number of hydrogen-bond acceptors (Lipinski definition) is 4. The smallest absolute Gasteiger partial charge is 0.276 e. The fourth-order valence-electron chi connectivity index (χ4n) is 2.86. The van der Waals surface area contributed by atoms with Gasteiger partial charge in [0.1, 0.15) is 5.69 Å². The van der Waals surface area contributed by atoms with E-state index in [0.29, 0.717) is 0 Å². The van der Waals surface area contributed by atoms with Crippen LogP contribution in [0.25, 0.3) is 0 Å². The molecule has 23 heavy (non-hydrogen) atoms. The third-order valence-corrected chi connectivity index (χ3v) is 4.09. The Bertz CT molecular complexity index is 791. The zero-order valence-corrected chi connectivity index (χ0v) is 13.4. The molecule has 0 aliphatic carbocycles. The number of anilines is 2. The fourth-order valence-corrected chi connectivity index (χ4v) is 2.86. The Balaban J connectivity index is 1.77. The summed E-state index contributed by atoms with van der Waals surface area (Å²) in [5, 5.41) is 6.78. The highest BCUT2D eigenvalue weighted by atomic mass is 16.2. The number of carbonyl (C=O) groups is 1. The van der Waals surface area contributed by atoms with Gasteiger partial charge in [0.05, 0.1) is 0 Å². The van der Waals surface area contributed by atoms with E-state index in [0.717, 1.165) is 29.0 Å². The molecule has 0 unspecified atom stereocenters. The minimum atomic E-state index is -0.325. The summed E-state index contributed by atoms with van der Waals surface area (Å²) in [4.78, 5) is 25.9. The van der Waals surface area contributed by atoms with Gasteiger partial charge in [-0.3, -0.25) is 9.59 Å². The summed E-state index contributed by atoms with van der Waals surface area (Å²) < 4.78 is 1.15. The van der Waals surface area contributed by atoms with E-state index in [1.165, 1.54) is 37.7 Å². The minimum absolute atomic E-state index is 0.216. The SMILES string of the molecule is Cc1cc(NC(=O)c2ccc(=O)n(C)n2)ccc1N1CCCC1. The van der Waals surface area contributed by atoms with Crippen LogP contribution in [0.3, 0.4) is 0 Å². The van der Waals surface area contributed by atoms with Crippen molar-refractivity contribution in [3.05, 3.63) is 51.9 Å². The number of rotatable bonds is 3. The molecule has 1 aliphatic heterocycles. The van der Waals surface area contributed by atoms with E-state index in [2.05, 4.69) is 15.3 Å². The molecule has 2 heterocycles. The third-order valence-electron chi connectivity index (χ3n) is 4.09. The average Bonchev–Trinajstić information content (AvgIpc) is 3.04. The first-order valence-electron chi connectivity index (χ1n) is 7.76. The van der Waals surface area contributed by atoms with E-state index < -0.39 is 0 Å². The molecule has 1 amide bonds. The van der Waals surface area contributed by atoms with Gasteiger partial charge in [0.15, 0.2) is 0 Å². The lowest BCUT2D eigenvalue weighted by Gasteiger charge is -2.20. The van der Waals surface area contributed by atoms with Crippen molar-refractivity contribution in [1.82, 2.24) is 9.78 Å². The second kappa shape index (κ2) is 6.24.